The number of carbonyl (C=O) groups is 1. The fraction of sp³-hybridized carbons (Fsp3) is 0.444. The third-order valence-corrected chi connectivity index (χ3v) is 7.61. The zero-order valence-electron chi connectivity index (χ0n) is 21.3. The topological polar surface area (TPSA) is 105 Å². The lowest BCUT2D eigenvalue weighted by atomic mass is 9.93. The van der Waals surface area contributed by atoms with Crippen molar-refractivity contribution in [1.82, 2.24) is 25.0 Å². The van der Waals surface area contributed by atoms with E-state index in [9.17, 15) is 9.90 Å². The molecule has 5 rings (SSSR count). The normalized spacial score (nSPS) is 16.4. The van der Waals surface area contributed by atoms with Crippen molar-refractivity contribution in [2.45, 2.75) is 51.0 Å². The summed E-state index contributed by atoms with van der Waals surface area (Å²) in [5, 5.41) is 21.2. The number of carbonyl (C=O) groups excluding carboxylic acids is 1. The minimum Gasteiger partial charge on any atom is -0.486 e. The molecule has 3 heterocycles. The van der Waals surface area contributed by atoms with E-state index < -0.39 is 6.10 Å². The molecule has 3 aromatic rings. The highest BCUT2D eigenvalue weighted by Gasteiger charge is 2.26. The van der Waals surface area contributed by atoms with Crippen molar-refractivity contribution in [3.8, 4) is 5.75 Å². The van der Waals surface area contributed by atoms with Gasteiger partial charge in [-0.25, -0.2) is 9.37 Å². The number of amides is 1. The molecule has 1 unspecified atom stereocenters. The summed E-state index contributed by atoms with van der Waals surface area (Å²) < 4.78 is 22.5. The quantitative estimate of drug-likeness (QED) is 0.361. The van der Waals surface area contributed by atoms with Crippen LogP contribution in [0.2, 0.25) is 5.02 Å². The number of aromatic nitrogens is 3. The zero-order valence-corrected chi connectivity index (χ0v) is 22.0. The molecule has 0 saturated heterocycles. The van der Waals surface area contributed by atoms with Gasteiger partial charge in [-0.15, -0.1) is 0 Å². The molecule has 1 saturated carbocycles. The Bertz CT molecular complexity index is 1300. The molecule has 0 spiro atoms. The number of hydrogen-bond donors (Lipinski definition) is 3. The van der Waals surface area contributed by atoms with E-state index in [1.54, 1.807) is 29.2 Å². The van der Waals surface area contributed by atoms with Gasteiger partial charge in [-0.3, -0.25) is 14.4 Å². The van der Waals surface area contributed by atoms with Gasteiger partial charge < -0.3 is 20.5 Å². The minimum absolute atomic E-state index is 0.0833. The highest BCUT2D eigenvalue weighted by molar-refractivity contribution is 6.33. The summed E-state index contributed by atoms with van der Waals surface area (Å²) >= 11 is 6.59. The van der Waals surface area contributed by atoms with Gasteiger partial charge in [0.1, 0.15) is 24.0 Å². The minimum atomic E-state index is -0.810. The number of anilines is 1. The van der Waals surface area contributed by atoms with E-state index >= 15 is 4.39 Å². The molecule has 1 aliphatic carbocycles. The van der Waals surface area contributed by atoms with Crippen LogP contribution in [-0.4, -0.2) is 62.5 Å². The molecular formula is C27H32ClFN6O3. The summed E-state index contributed by atoms with van der Waals surface area (Å²) in [6, 6.07) is 6.94. The maximum atomic E-state index is 15.0. The van der Waals surface area contributed by atoms with Crippen LogP contribution in [0.25, 0.3) is 0 Å². The predicted octanol–water partition coefficient (Wildman–Crippen LogP) is 3.30. The van der Waals surface area contributed by atoms with Crippen molar-refractivity contribution in [2.75, 3.05) is 25.0 Å². The smallest absolute Gasteiger partial charge is 0.251 e. The van der Waals surface area contributed by atoms with Gasteiger partial charge in [0.2, 0.25) is 0 Å². The van der Waals surface area contributed by atoms with Gasteiger partial charge in [-0.2, -0.15) is 5.10 Å². The number of nitrogens with zero attached hydrogens (tertiary/aromatic N) is 4. The van der Waals surface area contributed by atoms with E-state index in [1.807, 2.05) is 18.0 Å². The largest absolute Gasteiger partial charge is 0.486 e. The Morgan fingerprint density at radius 3 is 2.87 bits per heavy atom. The standard InChI is InChI=1S/C27H32ClFN6O3/c1-34-19(6-9-32-34)16-38-24-12-23(29)22-15-35(10-7-21(22)26(24)28)14-20(36)13-31-27(37)17-5-8-30-25(11-17)33-18-3-2-4-18/h5-6,8-9,11-12,18,20,36H,2-4,7,10,13-16H2,1H3,(H,30,33)(H,31,37). The number of pyridine rings is 1. The van der Waals surface area contributed by atoms with Gasteiger partial charge in [-0.05, 0) is 49.4 Å². The Balaban J connectivity index is 1.13. The predicted molar refractivity (Wildman–Crippen MR) is 142 cm³/mol. The van der Waals surface area contributed by atoms with Crippen molar-refractivity contribution in [3.63, 3.8) is 0 Å². The Kier molecular flexibility index (Phi) is 8.11. The van der Waals surface area contributed by atoms with Crippen molar-refractivity contribution in [2.24, 2.45) is 7.05 Å². The number of nitrogens with one attached hydrogen (secondary N) is 2. The zero-order chi connectivity index (χ0) is 26.6. The van der Waals surface area contributed by atoms with E-state index in [4.69, 9.17) is 16.3 Å². The second kappa shape index (κ2) is 11.7. The van der Waals surface area contributed by atoms with Crippen LogP contribution >= 0.6 is 11.6 Å². The lowest BCUT2D eigenvalue weighted by molar-refractivity contribution is 0.0839. The molecule has 2 aromatic heterocycles. The molecule has 1 atom stereocenters. The third-order valence-electron chi connectivity index (χ3n) is 7.20. The summed E-state index contributed by atoms with van der Waals surface area (Å²) in [6.45, 7) is 1.52. The van der Waals surface area contributed by atoms with Gasteiger partial charge >= 0.3 is 0 Å². The molecule has 0 bridgehead atoms. The number of aliphatic hydroxyl groups is 1. The second-order valence-electron chi connectivity index (χ2n) is 9.91. The maximum Gasteiger partial charge on any atom is 0.251 e. The summed E-state index contributed by atoms with van der Waals surface area (Å²) in [7, 11) is 1.81. The first-order chi connectivity index (χ1) is 18.4. The molecule has 3 N–H and O–H groups in total. The van der Waals surface area contributed by atoms with Crippen LogP contribution in [0, 0.1) is 5.82 Å². The third kappa shape index (κ3) is 6.09. The lowest BCUT2D eigenvalue weighted by Crippen LogP contribution is -2.42. The van der Waals surface area contributed by atoms with Gasteiger partial charge in [0.15, 0.2) is 0 Å². The fourth-order valence-electron chi connectivity index (χ4n) is 4.74. The Hall–Kier alpha value is -3.21. The molecule has 1 fully saturated rings. The molecule has 1 aliphatic heterocycles. The number of aryl methyl sites for hydroxylation is 1. The molecule has 38 heavy (non-hydrogen) atoms. The Labute approximate surface area is 226 Å². The number of ether oxygens (including phenoxy) is 1. The highest BCUT2D eigenvalue weighted by Crippen LogP contribution is 2.36. The van der Waals surface area contributed by atoms with E-state index in [0.29, 0.717) is 59.8 Å². The molecule has 11 heteroatoms. The first kappa shape index (κ1) is 26.4. The number of hydrogen-bond acceptors (Lipinski definition) is 7. The molecule has 2 aliphatic rings. The summed E-state index contributed by atoms with van der Waals surface area (Å²) in [6.07, 6.45) is 6.43. The highest BCUT2D eigenvalue weighted by atomic mass is 35.5. The molecule has 1 aromatic carbocycles. The molecular weight excluding hydrogens is 511 g/mol. The first-order valence-corrected chi connectivity index (χ1v) is 13.3. The average Bonchev–Trinajstić information content (AvgIpc) is 3.30. The maximum absolute atomic E-state index is 15.0. The fourth-order valence-corrected chi connectivity index (χ4v) is 5.06. The summed E-state index contributed by atoms with van der Waals surface area (Å²) in [5.41, 5.74) is 2.57. The molecule has 0 radical (unpaired) electrons. The number of fused-ring (bicyclic) bond motifs is 1. The summed E-state index contributed by atoms with van der Waals surface area (Å²) in [5.74, 6) is 0.327. The van der Waals surface area contributed by atoms with E-state index in [0.717, 1.165) is 24.1 Å². The Morgan fingerprint density at radius 2 is 2.13 bits per heavy atom. The van der Waals surface area contributed by atoms with Crippen molar-refractivity contribution in [1.29, 1.82) is 0 Å². The Morgan fingerprint density at radius 1 is 1.29 bits per heavy atom. The lowest BCUT2D eigenvalue weighted by Gasteiger charge is -2.31. The van der Waals surface area contributed by atoms with Gasteiger partial charge in [0, 0.05) is 68.9 Å². The van der Waals surface area contributed by atoms with Crippen molar-refractivity contribution >= 4 is 23.3 Å². The summed E-state index contributed by atoms with van der Waals surface area (Å²) in [4.78, 5) is 18.9. The van der Waals surface area contributed by atoms with Crippen molar-refractivity contribution in [3.05, 3.63) is 69.9 Å². The number of halogens is 2. The second-order valence-corrected chi connectivity index (χ2v) is 10.3. The molecule has 1 amide bonds. The molecule has 202 valence electrons. The van der Waals surface area contributed by atoms with Gasteiger partial charge in [-0.1, -0.05) is 11.6 Å². The van der Waals surface area contributed by atoms with Crippen LogP contribution in [-0.2, 0) is 26.6 Å². The van der Waals surface area contributed by atoms with Gasteiger partial charge in [0.25, 0.3) is 5.91 Å². The van der Waals surface area contributed by atoms with Crippen LogP contribution in [0.1, 0.15) is 46.4 Å². The average molecular weight is 543 g/mol. The van der Waals surface area contributed by atoms with Crippen molar-refractivity contribution < 1.29 is 19.0 Å². The van der Waals surface area contributed by atoms with Crippen LogP contribution in [0.5, 0.6) is 5.75 Å². The van der Waals surface area contributed by atoms with Crippen LogP contribution < -0.4 is 15.4 Å². The molecule has 9 nitrogen and oxygen atoms in total. The monoisotopic (exact) mass is 542 g/mol. The van der Waals surface area contributed by atoms with Crippen LogP contribution in [0.15, 0.2) is 36.7 Å². The van der Waals surface area contributed by atoms with E-state index in [2.05, 4.69) is 20.7 Å². The SMILES string of the molecule is Cn1nccc1COc1cc(F)c2c(c1Cl)CCN(CC(O)CNC(=O)c1ccnc(NC3CCC3)c1)C2. The van der Waals surface area contributed by atoms with E-state index in [1.165, 1.54) is 12.5 Å². The van der Waals surface area contributed by atoms with E-state index in [-0.39, 0.29) is 24.9 Å². The number of aliphatic hydroxyl groups excluding tert-OH is 1. The first-order valence-electron chi connectivity index (χ1n) is 12.9. The van der Waals surface area contributed by atoms with Crippen LogP contribution in [0.4, 0.5) is 10.2 Å². The number of rotatable bonds is 10. The van der Waals surface area contributed by atoms with Crippen LogP contribution in [0.3, 0.4) is 0 Å². The number of benzene rings is 1. The van der Waals surface area contributed by atoms with Gasteiger partial charge in [0.05, 0.1) is 16.8 Å². The number of β-amino-alcohol motifs (C(OH)–C–C–N with tert-alkyl or cyclic N) is 1.